The van der Waals surface area contributed by atoms with Crippen LogP contribution in [-0.2, 0) is 15.7 Å². The summed E-state index contributed by atoms with van der Waals surface area (Å²) in [5.74, 6) is -1.87. The summed E-state index contributed by atoms with van der Waals surface area (Å²) in [6, 6.07) is 6.85. The van der Waals surface area contributed by atoms with E-state index in [1.165, 1.54) is 6.92 Å². The maximum absolute atomic E-state index is 12.5. The van der Waals surface area contributed by atoms with E-state index in [-0.39, 0.29) is 22.6 Å². The number of ether oxygens (including phenoxy) is 1. The monoisotopic (exact) mass is 397 g/mol. The summed E-state index contributed by atoms with van der Waals surface area (Å²) in [6.45, 7) is 1.23. The van der Waals surface area contributed by atoms with Crippen LogP contribution in [0.4, 0.5) is 30.2 Å². The van der Waals surface area contributed by atoms with Gasteiger partial charge in [0.15, 0.2) is 6.10 Å². The van der Waals surface area contributed by atoms with Gasteiger partial charge in [-0.05, 0) is 37.3 Å². The molecular formula is C17H14F3N3O5. The van der Waals surface area contributed by atoms with E-state index in [0.717, 1.165) is 42.5 Å². The van der Waals surface area contributed by atoms with Crippen LogP contribution in [0.25, 0.3) is 0 Å². The number of halogens is 3. The molecule has 0 fully saturated rings. The van der Waals surface area contributed by atoms with Crippen molar-refractivity contribution in [1.29, 1.82) is 0 Å². The Morgan fingerprint density at radius 3 is 2.32 bits per heavy atom. The molecule has 0 bridgehead atoms. The third kappa shape index (κ3) is 4.96. The highest BCUT2D eigenvalue weighted by Gasteiger charge is 2.30. The van der Waals surface area contributed by atoms with E-state index in [4.69, 9.17) is 10.5 Å². The molecule has 0 saturated carbocycles. The van der Waals surface area contributed by atoms with Crippen molar-refractivity contribution in [2.24, 2.45) is 0 Å². The second-order valence-corrected chi connectivity index (χ2v) is 5.64. The average molecular weight is 397 g/mol. The molecule has 28 heavy (non-hydrogen) atoms. The van der Waals surface area contributed by atoms with Crippen LogP contribution in [0, 0.1) is 10.1 Å². The molecule has 2 aromatic rings. The van der Waals surface area contributed by atoms with Gasteiger partial charge >= 0.3 is 12.1 Å². The summed E-state index contributed by atoms with van der Waals surface area (Å²) in [4.78, 5) is 34.3. The fourth-order valence-electron chi connectivity index (χ4n) is 2.10. The molecule has 1 amide bonds. The lowest BCUT2D eigenvalue weighted by atomic mass is 10.1. The van der Waals surface area contributed by atoms with Crippen molar-refractivity contribution >= 4 is 28.9 Å². The summed E-state index contributed by atoms with van der Waals surface area (Å²) in [6.07, 6.45) is -5.85. The Balaban J connectivity index is 2.05. The minimum atomic E-state index is -4.51. The molecule has 0 unspecified atom stereocenters. The van der Waals surface area contributed by atoms with Gasteiger partial charge in [-0.15, -0.1) is 0 Å². The number of carbonyl (C=O) groups excluding carboxylic acids is 2. The maximum atomic E-state index is 12.5. The number of alkyl halides is 3. The number of nitro benzene ring substituents is 1. The van der Waals surface area contributed by atoms with Crippen LogP contribution in [0.5, 0.6) is 0 Å². The van der Waals surface area contributed by atoms with E-state index in [1.807, 2.05) is 0 Å². The maximum Gasteiger partial charge on any atom is 0.416 e. The zero-order valence-electron chi connectivity index (χ0n) is 14.3. The van der Waals surface area contributed by atoms with Gasteiger partial charge in [0.25, 0.3) is 11.6 Å². The van der Waals surface area contributed by atoms with Crippen LogP contribution in [0.15, 0.2) is 42.5 Å². The molecule has 8 nitrogen and oxygen atoms in total. The van der Waals surface area contributed by atoms with Crippen molar-refractivity contribution < 1.29 is 32.4 Å². The number of nitrogen functional groups attached to an aromatic ring is 1. The number of hydrogen-bond acceptors (Lipinski definition) is 6. The van der Waals surface area contributed by atoms with Gasteiger partial charge in [0, 0.05) is 23.5 Å². The van der Waals surface area contributed by atoms with Crippen molar-refractivity contribution in [2.45, 2.75) is 19.2 Å². The zero-order chi connectivity index (χ0) is 21.1. The van der Waals surface area contributed by atoms with Crippen LogP contribution >= 0.6 is 0 Å². The summed E-state index contributed by atoms with van der Waals surface area (Å²) >= 11 is 0. The van der Waals surface area contributed by atoms with E-state index >= 15 is 0 Å². The second-order valence-electron chi connectivity index (χ2n) is 5.64. The van der Waals surface area contributed by atoms with Crippen LogP contribution in [0.1, 0.15) is 22.8 Å². The highest BCUT2D eigenvalue weighted by molar-refractivity contribution is 5.99. The first kappa shape index (κ1) is 20.7. The number of benzene rings is 2. The molecule has 0 aliphatic heterocycles. The quantitative estimate of drug-likeness (QED) is 0.345. The summed E-state index contributed by atoms with van der Waals surface area (Å²) in [5, 5.41) is 13.1. The number of hydrogen-bond donors (Lipinski definition) is 2. The van der Waals surface area contributed by atoms with E-state index in [2.05, 4.69) is 5.32 Å². The van der Waals surface area contributed by atoms with Gasteiger partial charge in [-0.25, -0.2) is 4.79 Å². The fraction of sp³-hybridized carbons (Fsp3) is 0.176. The summed E-state index contributed by atoms with van der Waals surface area (Å²) < 4.78 is 42.5. The van der Waals surface area contributed by atoms with Crippen LogP contribution in [0.3, 0.4) is 0 Å². The first-order valence-corrected chi connectivity index (χ1v) is 7.72. The smallest absolute Gasteiger partial charge is 0.416 e. The van der Waals surface area contributed by atoms with Crippen molar-refractivity contribution in [3.63, 3.8) is 0 Å². The normalized spacial score (nSPS) is 12.1. The van der Waals surface area contributed by atoms with Crippen LogP contribution < -0.4 is 11.1 Å². The molecule has 0 radical (unpaired) electrons. The Labute approximate surface area is 156 Å². The van der Waals surface area contributed by atoms with E-state index in [9.17, 15) is 32.9 Å². The summed E-state index contributed by atoms with van der Waals surface area (Å²) in [7, 11) is 0. The fourth-order valence-corrected chi connectivity index (χ4v) is 2.10. The van der Waals surface area contributed by atoms with Gasteiger partial charge in [-0.3, -0.25) is 14.9 Å². The molecule has 2 aromatic carbocycles. The number of nitrogens with two attached hydrogens (primary N) is 1. The van der Waals surface area contributed by atoms with Gasteiger partial charge in [0.05, 0.1) is 16.1 Å². The SMILES string of the molecule is C[C@@H](OC(=O)c1cc([N+](=O)[O-])ccc1N)C(=O)Nc1ccc(C(F)(F)F)cc1. The van der Waals surface area contributed by atoms with E-state index < -0.39 is 34.6 Å². The third-order valence-electron chi connectivity index (χ3n) is 3.60. The average Bonchev–Trinajstić information content (AvgIpc) is 2.61. The molecule has 148 valence electrons. The highest BCUT2D eigenvalue weighted by Crippen LogP contribution is 2.29. The Morgan fingerprint density at radius 2 is 1.79 bits per heavy atom. The summed E-state index contributed by atoms with van der Waals surface area (Å²) in [5.41, 5.74) is 4.03. The highest BCUT2D eigenvalue weighted by atomic mass is 19.4. The minimum absolute atomic E-state index is 0.0655. The van der Waals surface area contributed by atoms with Gasteiger partial charge in [-0.1, -0.05) is 0 Å². The van der Waals surface area contributed by atoms with Crippen LogP contribution in [-0.4, -0.2) is 22.9 Å². The number of nitro groups is 1. The minimum Gasteiger partial charge on any atom is -0.449 e. The first-order chi connectivity index (χ1) is 13.0. The number of nitrogens with one attached hydrogen (secondary N) is 1. The van der Waals surface area contributed by atoms with Crippen molar-refractivity contribution in [1.82, 2.24) is 0 Å². The van der Waals surface area contributed by atoms with E-state index in [0.29, 0.717) is 0 Å². The number of amides is 1. The number of esters is 1. The van der Waals surface area contributed by atoms with Crippen molar-refractivity contribution in [2.75, 3.05) is 11.1 Å². The molecule has 3 N–H and O–H groups in total. The van der Waals surface area contributed by atoms with Gasteiger partial charge in [-0.2, -0.15) is 13.2 Å². The lowest BCUT2D eigenvalue weighted by molar-refractivity contribution is -0.384. The molecule has 11 heteroatoms. The lowest BCUT2D eigenvalue weighted by Gasteiger charge is -2.14. The number of rotatable bonds is 5. The molecule has 0 aliphatic carbocycles. The molecule has 0 spiro atoms. The lowest BCUT2D eigenvalue weighted by Crippen LogP contribution is -2.30. The molecule has 0 aromatic heterocycles. The topological polar surface area (TPSA) is 125 Å². The van der Waals surface area contributed by atoms with Crippen molar-refractivity contribution in [3.05, 3.63) is 63.7 Å². The number of non-ortho nitro benzene ring substituents is 1. The molecular weight excluding hydrogens is 383 g/mol. The Hall–Kier alpha value is -3.63. The largest absolute Gasteiger partial charge is 0.449 e. The third-order valence-corrected chi connectivity index (χ3v) is 3.60. The zero-order valence-corrected chi connectivity index (χ0v) is 14.3. The molecule has 0 saturated heterocycles. The number of carbonyl (C=O) groups is 2. The first-order valence-electron chi connectivity index (χ1n) is 7.72. The molecule has 2 rings (SSSR count). The van der Waals surface area contributed by atoms with E-state index in [1.54, 1.807) is 0 Å². The number of nitrogens with zero attached hydrogens (tertiary/aromatic N) is 1. The second kappa shape index (κ2) is 7.94. The van der Waals surface area contributed by atoms with Gasteiger partial charge in [0.2, 0.25) is 0 Å². The van der Waals surface area contributed by atoms with Crippen LogP contribution in [0.2, 0.25) is 0 Å². The van der Waals surface area contributed by atoms with Gasteiger partial charge in [0.1, 0.15) is 0 Å². The molecule has 0 heterocycles. The standard InChI is InChI=1S/C17H14F3N3O5/c1-9(15(24)22-11-4-2-10(3-5-11)17(18,19)20)28-16(25)13-8-12(23(26)27)6-7-14(13)21/h2-9H,21H2,1H3,(H,22,24)/t9-/m1/s1. The Kier molecular flexibility index (Phi) is 5.87. The number of anilines is 2. The van der Waals surface area contributed by atoms with Gasteiger partial charge < -0.3 is 15.8 Å². The molecule has 1 atom stereocenters. The Morgan fingerprint density at radius 1 is 1.18 bits per heavy atom. The predicted molar refractivity (Wildman–Crippen MR) is 92.5 cm³/mol. The Bertz CT molecular complexity index is 913. The molecule has 0 aliphatic rings. The van der Waals surface area contributed by atoms with Crippen molar-refractivity contribution in [3.8, 4) is 0 Å². The predicted octanol–water partition coefficient (Wildman–Crippen LogP) is 3.38.